The second-order valence-corrected chi connectivity index (χ2v) is 2.51. The molecule has 0 aliphatic carbocycles. The van der Waals surface area contributed by atoms with E-state index >= 15 is 0 Å². The van der Waals surface area contributed by atoms with Crippen molar-refractivity contribution >= 4 is 15.9 Å². The van der Waals surface area contributed by atoms with Gasteiger partial charge in [0.25, 0.3) is 0 Å². The molecule has 0 N–H and O–H groups in total. The van der Waals surface area contributed by atoms with Crippen molar-refractivity contribution in [3.05, 3.63) is 35.4 Å². The van der Waals surface area contributed by atoms with Crippen LogP contribution in [-0.4, -0.2) is 0 Å². The summed E-state index contributed by atoms with van der Waals surface area (Å²) in [6, 6.07) is 9.61. The molecule has 0 aromatic heterocycles. The van der Waals surface area contributed by atoms with Gasteiger partial charge in [0.2, 0.25) is 0 Å². The van der Waals surface area contributed by atoms with Crippen LogP contribution in [0.4, 0.5) is 0 Å². The summed E-state index contributed by atoms with van der Waals surface area (Å²) in [6.07, 6.45) is 0. The molecule has 0 aliphatic rings. The Morgan fingerprint density at radius 1 is 1.31 bits per heavy atom. The molecule has 13 heavy (non-hydrogen) atoms. The summed E-state index contributed by atoms with van der Waals surface area (Å²) >= 11 is 3.31. The van der Waals surface area contributed by atoms with Gasteiger partial charge in [-0.25, -0.2) is 0 Å². The van der Waals surface area contributed by atoms with Gasteiger partial charge >= 0.3 is 19.5 Å². The SMILES string of the molecule is N#Cc1cccc(CBr)c1.[Br-].[Br-].[Zn+2]. The molecule has 0 saturated carbocycles. The monoisotopic (exact) mass is 417 g/mol. The van der Waals surface area contributed by atoms with Crippen molar-refractivity contribution < 1.29 is 53.4 Å². The second-order valence-electron chi connectivity index (χ2n) is 1.95. The van der Waals surface area contributed by atoms with Crippen molar-refractivity contribution in [1.29, 1.82) is 5.26 Å². The van der Waals surface area contributed by atoms with Crippen molar-refractivity contribution in [1.82, 2.24) is 0 Å². The van der Waals surface area contributed by atoms with E-state index in [4.69, 9.17) is 5.26 Å². The van der Waals surface area contributed by atoms with Crippen molar-refractivity contribution in [2.75, 3.05) is 0 Å². The van der Waals surface area contributed by atoms with E-state index in [0.29, 0.717) is 0 Å². The van der Waals surface area contributed by atoms with Gasteiger partial charge in [-0.05, 0) is 17.7 Å². The van der Waals surface area contributed by atoms with Crippen LogP contribution in [0.2, 0.25) is 0 Å². The Labute approximate surface area is 120 Å². The number of benzene rings is 1. The molecule has 0 fully saturated rings. The van der Waals surface area contributed by atoms with Gasteiger partial charge in [0.1, 0.15) is 0 Å². The Balaban J connectivity index is -0.000000333. The first kappa shape index (κ1) is 19.4. The predicted molar refractivity (Wildman–Crippen MR) is 43.8 cm³/mol. The van der Waals surface area contributed by atoms with E-state index in [1.807, 2.05) is 18.2 Å². The summed E-state index contributed by atoms with van der Waals surface area (Å²) in [7, 11) is 0. The van der Waals surface area contributed by atoms with Crippen molar-refractivity contribution in [2.45, 2.75) is 5.33 Å². The Bertz CT molecular complexity index is 272. The molecule has 5 heteroatoms. The number of hydrogen-bond acceptors (Lipinski definition) is 1. The van der Waals surface area contributed by atoms with Crippen LogP contribution in [0.15, 0.2) is 24.3 Å². The summed E-state index contributed by atoms with van der Waals surface area (Å²) in [6.45, 7) is 0. The van der Waals surface area contributed by atoms with Gasteiger partial charge in [0.05, 0.1) is 11.6 Å². The van der Waals surface area contributed by atoms with Gasteiger partial charge < -0.3 is 34.0 Å². The number of hydrogen-bond donors (Lipinski definition) is 0. The molecular formula is C8H6Br3NZn. The third-order valence-electron chi connectivity index (χ3n) is 1.21. The maximum absolute atomic E-state index is 8.49. The number of halogens is 3. The molecule has 1 nitrogen and oxygen atoms in total. The summed E-state index contributed by atoms with van der Waals surface area (Å²) < 4.78 is 0. The topological polar surface area (TPSA) is 23.8 Å². The van der Waals surface area contributed by atoms with E-state index in [1.54, 1.807) is 6.07 Å². The number of nitrogens with zero attached hydrogens (tertiary/aromatic N) is 1. The Morgan fingerprint density at radius 3 is 2.38 bits per heavy atom. The Morgan fingerprint density at radius 2 is 1.92 bits per heavy atom. The first-order chi connectivity index (χ1) is 4.86. The van der Waals surface area contributed by atoms with Gasteiger partial charge in [-0.3, -0.25) is 0 Å². The van der Waals surface area contributed by atoms with Crippen LogP contribution in [0.1, 0.15) is 11.1 Å². The quantitative estimate of drug-likeness (QED) is 0.341. The Hall–Kier alpha value is 0.773. The van der Waals surface area contributed by atoms with Crippen LogP contribution in [0.3, 0.4) is 0 Å². The predicted octanol–water partition coefficient (Wildman–Crippen LogP) is -3.54. The van der Waals surface area contributed by atoms with E-state index in [1.165, 1.54) is 0 Å². The summed E-state index contributed by atoms with van der Waals surface area (Å²) in [4.78, 5) is 0. The van der Waals surface area contributed by atoms with Gasteiger partial charge in [-0.15, -0.1) is 0 Å². The molecule has 1 rings (SSSR count). The molecular weight excluding hydrogens is 415 g/mol. The van der Waals surface area contributed by atoms with Crippen LogP contribution < -0.4 is 34.0 Å². The van der Waals surface area contributed by atoms with Gasteiger partial charge in [-0.2, -0.15) is 5.26 Å². The molecule has 0 aliphatic heterocycles. The zero-order valence-corrected chi connectivity index (χ0v) is 14.5. The molecule has 0 bridgehead atoms. The van der Waals surface area contributed by atoms with Crippen LogP contribution in [0, 0.1) is 11.3 Å². The first-order valence-corrected chi connectivity index (χ1v) is 4.04. The minimum absolute atomic E-state index is 0. The normalized spacial score (nSPS) is 6.77. The van der Waals surface area contributed by atoms with Crippen molar-refractivity contribution in [3.8, 4) is 6.07 Å². The fraction of sp³-hybridized carbons (Fsp3) is 0.125. The van der Waals surface area contributed by atoms with E-state index in [-0.39, 0.29) is 53.4 Å². The smallest absolute Gasteiger partial charge is 1.00 e. The summed E-state index contributed by atoms with van der Waals surface area (Å²) in [5, 5.41) is 9.30. The average molecular weight is 421 g/mol. The van der Waals surface area contributed by atoms with Crippen LogP contribution in [0.5, 0.6) is 0 Å². The molecule has 0 amide bonds. The van der Waals surface area contributed by atoms with Crippen LogP contribution >= 0.6 is 15.9 Å². The van der Waals surface area contributed by atoms with Gasteiger partial charge in [-0.1, -0.05) is 28.1 Å². The van der Waals surface area contributed by atoms with E-state index in [0.717, 1.165) is 16.5 Å². The third kappa shape index (κ3) is 6.79. The largest absolute Gasteiger partial charge is 2.00 e. The van der Waals surface area contributed by atoms with Crippen LogP contribution in [0.25, 0.3) is 0 Å². The summed E-state index contributed by atoms with van der Waals surface area (Å²) in [5.74, 6) is 0. The van der Waals surface area contributed by atoms with E-state index in [2.05, 4.69) is 22.0 Å². The average Bonchev–Trinajstić information content (AvgIpc) is 2.05. The minimum atomic E-state index is 0. The van der Waals surface area contributed by atoms with E-state index < -0.39 is 0 Å². The molecule has 1 aromatic rings. The minimum Gasteiger partial charge on any atom is -1.00 e. The van der Waals surface area contributed by atoms with Gasteiger partial charge in [0.15, 0.2) is 0 Å². The molecule has 0 unspecified atom stereocenters. The van der Waals surface area contributed by atoms with Crippen LogP contribution in [-0.2, 0) is 24.8 Å². The molecule has 1 aromatic carbocycles. The maximum Gasteiger partial charge on any atom is 2.00 e. The Kier molecular flexibility index (Phi) is 16.2. The van der Waals surface area contributed by atoms with Crippen molar-refractivity contribution in [3.63, 3.8) is 0 Å². The second kappa shape index (κ2) is 10.9. The third-order valence-corrected chi connectivity index (χ3v) is 1.86. The number of alkyl halides is 1. The molecule has 66 valence electrons. The van der Waals surface area contributed by atoms with Crippen molar-refractivity contribution in [2.24, 2.45) is 0 Å². The fourth-order valence-electron chi connectivity index (χ4n) is 0.724. The zero-order valence-electron chi connectivity index (χ0n) is 6.80. The fourth-order valence-corrected chi connectivity index (χ4v) is 1.07. The molecule has 0 heterocycles. The molecule has 0 atom stereocenters. The maximum atomic E-state index is 8.49. The molecule has 0 radical (unpaired) electrons. The standard InChI is InChI=1S/C8H6BrN.2BrH.Zn/c9-5-7-2-1-3-8(4-7)6-10;;;/h1-4H,5H2;2*1H;/q;;;+2/p-2. The zero-order chi connectivity index (χ0) is 7.40. The molecule has 0 saturated heterocycles. The first-order valence-electron chi connectivity index (χ1n) is 2.92. The number of nitriles is 1. The van der Waals surface area contributed by atoms with Gasteiger partial charge in [0, 0.05) is 5.33 Å². The summed E-state index contributed by atoms with van der Waals surface area (Å²) in [5.41, 5.74) is 1.86. The van der Waals surface area contributed by atoms with E-state index in [9.17, 15) is 0 Å². The number of rotatable bonds is 1. The molecule has 0 spiro atoms.